The Balaban J connectivity index is 1.75. The third-order valence-electron chi connectivity index (χ3n) is 3.96. The molecular weight excluding hydrogens is 508 g/mol. The normalized spacial score (nSPS) is 10.6. The minimum absolute atomic E-state index is 0.427. The maximum Gasteiger partial charge on any atom is 0.174 e. The predicted molar refractivity (Wildman–Crippen MR) is 125 cm³/mol. The zero-order valence-corrected chi connectivity index (χ0v) is 19.0. The Labute approximate surface area is 189 Å². The summed E-state index contributed by atoms with van der Waals surface area (Å²) >= 11 is 14.4. The van der Waals surface area contributed by atoms with E-state index in [0.29, 0.717) is 29.8 Å². The molecule has 0 fully saturated rings. The van der Waals surface area contributed by atoms with Gasteiger partial charge in [0.1, 0.15) is 6.61 Å². The Morgan fingerprint density at radius 3 is 2.36 bits per heavy atom. The molecule has 0 aromatic heterocycles. The third kappa shape index (κ3) is 5.93. The van der Waals surface area contributed by atoms with Crippen molar-refractivity contribution in [3.05, 3.63) is 85.4 Å². The molecule has 0 amide bonds. The molecular formula is C22H20Cl2INO2. The molecule has 0 bridgehead atoms. The first kappa shape index (κ1) is 21.1. The molecule has 28 heavy (non-hydrogen) atoms. The van der Waals surface area contributed by atoms with Crippen LogP contribution in [-0.4, -0.2) is 6.61 Å². The molecule has 6 heteroatoms. The van der Waals surface area contributed by atoms with Crippen LogP contribution in [0, 0.1) is 3.57 Å². The van der Waals surface area contributed by atoms with Crippen molar-refractivity contribution in [1.82, 2.24) is 0 Å². The second-order valence-electron chi connectivity index (χ2n) is 6.12. The number of hydrogen-bond donors (Lipinski definition) is 1. The average Bonchev–Trinajstić information content (AvgIpc) is 2.66. The molecule has 3 nitrogen and oxygen atoms in total. The average molecular weight is 528 g/mol. The number of hydrogen-bond acceptors (Lipinski definition) is 3. The summed E-state index contributed by atoms with van der Waals surface area (Å²) in [5, 5.41) is 4.79. The monoisotopic (exact) mass is 527 g/mol. The fourth-order valence-corrected chi connectivity index (χ4v) is 3.94. The first-order valence-electron chi connectivity index (χ1n) is 8.87. The van der Waals surface area contributed by atoms with E-state index < -0.39 is 0 Å². The number of rotatable bonds is 8. The van der Waals surface area contributed by atoms with Gasteiger partial charge in [0.05, 0.1) is 10.2 Å². The van der Waals surface area contributed by atoms with Gasteiger partial charge in [-0.1, -0.05) is 41.4 Å². The number of ether oxygens (including phenoxy) is 2. The largest absolute Gasteiger partial charge is 0.490 e. The summed E-state index contributed by atoms with van der Waals surface area (Å²) in [7, 11) is 0. The van der Waals surface area contributed by atoms with Gasteiger partial charge in [-0.15, -0.1) is 0 Å². The van der Waals surface area contributed by atoms with Gasteiger partial charge in [0.25, 0.3) is 0 Å². The minimum atomic E-state index is 0.427. The molecule has 1 N–H and O–H groups in total. The van der Waals surface area contributed by atoms with Crippen LogP contribution < -0.4 is 14.8 Å². The quantitative estimate of drug-likeness (QED) is 0.314. The summed E-state index contributed by atoms with van der Waals surface area (Å²) in [4.78, 5) is 0. The van der Waals surface area contributed by atoms with Crippen LogP contribution in [0.25, 0.3) is 0 Å². The first-order chi connectivity index (χ1) is 13.5. The highest BCUT2D eigenvalue weighted by Crippen LogP contribution is 2.35. The SMILES string of the molecule is CCOc1cc(CNc2cccc(Cl)c2)cc(I)c1OCc1cccc(Cl)c1. The maximum atomic E-state index is 6.07. The van der Waals surface area contributed by atoms with E-state index in [1.165, 1.54) is 0 Å². The van der Waals surface area contributed by atoms with Gasteiger partial charge in [0.15, 0.2) is 11.5 Å². The van der Waals surface area contributed by atoms with Crippen molar-refractivity contribution in [2.24, 2.45) is 0 Å². The van der Waals surface area contributed by atoms with E-state index >= 15 is 0 Å². The van der Waals surface area contributed by atoms with Crippen LogP contribution in [0.2, 0.25) is 10.0 Å². The summed E-state index contributed by atoms with van der Waals surface area (Å²) in [6.45, 7) is 3.61. The van der Waals surface area contributed by atoms with E-state index in [9.17, 15) is 0 Å². The lowest BCUT2D eigenvalue weighted by molar-refractivity contribution is 0.267. The van der Waals surface area contributed by atoms with Gasteiger partial charge < -0.3 is 14.8 Å². The zero-order valence-electron chi connectivity index (χ0n) is 15.3. The lowest BCUT2D eigenvalue weighted by Crippen LogP contribution is -2.05. The topological polar surface area (TPSA) is 30.5 Å². The molecule has 0 saturated heterocycles. The van der Waals surface area contributed by atoms with Crippen molar-refractivity contribution in [2.75, 3.05) is 11.9 Å². The Bertz CT molecular complexity index is 950. The van der Waals surface area contributed by atoms with Crippen LogP contribution in [0.5, 0.6) is 11.5 Å². The summed E-state index contributed by atoms with van der Waals surface area (Å²) < 4.78 is 12.9. The highest BCUT2D eigenvalue weighted by molar-refractivity contribution is 14.1. The molecule has 0 unspecified atom stereocenters. The van der Waals surface area contributed by atoms with Crippen LogP contribution in [0.3, 0.4) is 0 Å². The fraction of sp³-hybridized carbons (Fsp3) is 0.182. The Kier molecular flexibility index (Phi) is 7.71. The van der Waals surface area contributed by atoms with Crippen molar-refractivity contribution in [3.63, 3.8) is 0 Å². The van der Waals surface area contributed by atoms with Crippen LogP contribution >= 0.6 is 45.8 Å². The van der Waals surface area contributed by atoms with Crippen LogP contribution in [0.15, 0.2) is 60.7 Å². The van der Waals surface area contributed by atoms with Gasteiger partial charge in [-0.2, -0.15) is 0 Å². The van der Waals surface area contributed by atoms with Crippen molar-refractivity contribution in [2.45, 2.75) is 20.1 Å². The van der Waals surface area contributed by atoms with E-state index in [2.05, 4.69) is 34.0 Å². The highest BCUT2D eigenvalue weighted by Gasteiger charge is 2.13. The third-order valence-corrected chi connectivity index (χ3v) is 5.23. The zero-order chi connectivity index (χ0) is 19.9. The van der Waals surface area contributed by atoms with Gasteiger partial charge in [-0.05, 0) is 83.1 Å². The van der Waals surface area contributed by atoms with E-state index in [1.54, 1.807) is 0 Å². The summed E-state index contributed by atoms with van der Waals surface area (Å²) in [6.07, 6.45) is 0. The standard InChI is InChI=1S/C22H20Cl2INO2/c1-2-27-21-11-16(13-26-19-8-4-7-18(24)12-19)10-20(25)22(21)28-14-15-5-3-6-17(23)9-15/h3-12,26H,2,13-14H2,1H3. The number of nitrogens with one attached hydrogen (secondary N) is 1. The van der Waals surface area contributed by atoms with Crippen LogP contribution in [0.4, 0.5) is 5.69 Å². The number of benzene rings is 3. The summed E-state index contributed by atoms with van der Waals surface area (Å²) in [5.41, 5.74) is 3.09. The van der Waals surface area contributed by atoms with Crippen molar-refractivity contribution < 1.29 is 9.47 Å². The van der Waals surface area contributed by atoms with E-state index in [-0.39, 0.29) is 0 Å². The minimum Gasteiger partial charge on any atom is -0.490 e. The Morgan fingerprint density at radius 2 is 1.64 bits per heavy atom. The van der Waals surface area contributed by atoms with E-state index in [1.807, 2.05) is 61.5 Å². The summed E-state index contributed by atoms with van der Waals surface area (Å²) in [6, 6.07) is 19.4. The molecule has 0 saturated carbocycles. The van der Waals surface area contributed by atoms with Gasteiger partial charge >= 0.3 is 0 Å². The van der Waals surface area contributed by atoms with Gasteiger partial charge in [0.2, 0.25) is 0 Å². The van der Waals surface area contributed by atoms with Gasteiger partial charge in [-0.25, -0.2) is 0 Å². The van der Waals surface area contributed by atoms with Crippen molar-refractivity contribution in [1.29, 1.82) is 0 Å². The fourth-order valence-electron chi connectivity index (χ4n) is 2.71. The van der Waals surface area contributed by atoms with Crippen molar-refractivity contribution >= 4 is 51.5 Å². The van der Waals surface area contributed by atoms with Crippen LogP contribution in [-0.2, 0) is 13.2 Å². The molecule has 146 valence electrons. The molecule has 0 radical (unpaired) electrons. The molecule has 3 aromatic carbocycles. The molecule has 0 atom stereocenters. The lowest BCUT2D eigenvalue weighted by atomic mass is 10.2. The van der Waals surface area contributed by atoms with Crippen molar-refractivity contribution in [3.8, 4) is 11.5 Å². The van der Waals surface area contributed by atoms with E-state index in [0.717, 1.165) is 31.9 Å². The highest BCUT2D eigenvalue weighted by atomic mass is 127. The lowest BCUT2D eigenvalue weighted by Gasteiger charge is -2.16. The Hall–Kier alpha value is -1.63. The molecule has 0 aliphatic heterocycles. The Morgan fingerprint density at radius 1 is 0.893 bits per heavy atom. The molecule has 0 heterocycles. The smallest absolute Gasteiger partial charge is 0.174 e. The predicted octanol–water partition coefficient (Wildman–Crippen LogP) is 7.19. The molecule has 3 aromatic rings. The second kappa shape index (κ2) is 10.2. The van der Waals surface area contributed by atoms with Gasteiger partial charge in [-0.3, -0.25) is 0 Å². The van der Waals surface area contributed by atoms with E-state index in [4.69, 9.17) is 32.7 Å². The van der Waals surface area contributed by atoms with Gasteiger partial charge in [0, 0.05) is 22.3 Å². The molecule has 0 aliphatic rings. The first-order valence-corrected chi connectivity index (χ1v) is 10.7. The van der Waals surface area contributed by atoms with Crippen LogP contribution in [0.1, 0.15) is 18.1 Å². The number of anilines is 1. The molecule has 0 spiro atoms. The second-order valence-corrected chi connectivity index (χ2v) is 8.16. The maximum absolute atomic E-state index is 6.07. The molecule has 3 rings (SSSR count). The number of halogens is 3. The molecule has 0 aliphatic carbocycles. The summed E-state index contributed by atoms with van der Waals surface area (Å²) in [5.74, 6) is 1.48.